The van der Waals surface area contributed by atoms with Gasteiger partial charge in [0.15, 0.2) is 0 Å². The Morgan fingerprint density at radius 1 is 1.42 bits per heavy atom. The summed E-state index contributed by atoms with van der Waals surface area (Å²) in [5, 5.41) is 0. The number of rotatable bonds is 1. The molecule has 0 atom stereocenters. The molecule has 2 N–H and O–H groups in total. The Bertz CT molecular complexity index is 288. The Labute approximate surface area is 88.7 Å². The van der Waals surface area contributed by atoms with E-state index in [9.17, 15) is 4.79 Å². The van der Waals surface area contributed by atoms with E-state index in [1.165, 1.54) is 0 Å². The third kappa shape index (κ3) is 2.25. The molecule has 5 heteroatoms. The molecule has 0 unspecified atom stereocenters. The average Bonchev–Trinajstić information content (AvgIpc) is 2.04. The molecule has 0 heterocycles. The lowest BCUT2D eigenvalue weighted by atomic mass is 10.3. The van der Waals surface area contributed by atoms with Crippen molar-refractivity contribution in [1.82, 2.24) is 0 Å². The van der Waals surface area contributed by atoms with E-state index >= 15 is 0 Å². The van der Waals surface area contributed by atoms with Crippen molar-refractivity contribution >= 4 is 46.1 Å². The Kier molecular flexibility index (Phi) is 3.16. The Balaban J connectivity index is 2.89. The molecule has 12 heavy (non-hydrogen) atoms. The molecule has 0 aromatic heterocycles. The van der Waals surface area contributed by atoms with E-state index in [0.29, 0.717) is 5.69 Å². The summed E-state index contributed by atoms with van der Waals surface area (Å²) >= 11 is 7.71. The third-order valence-corrected chi connectivity index (χ3v) is 2.33. The van der Waals surface area contributed by atoms with Crippen LogP contribution in [-0.4, -0.2) is 6.03 Å². The van der Waals surface area contributed by atoms with Crippen molar-refractivity contribution in [2.75, 3.05) is 4.42 Å². The number of hydrogen-bond donors (Lipinski definition) is 1. The Hall–Kier alpha value is -0.490. The summed E-state index contributed by atoms with van der Waals surface area (Å²) in [5.74, 6) is 0. The van der Waals surface area contributed by atoms with Gasteiger partial charge in [0.05, 0.1) is 5.69 Å². The molecular weight excluding hydrogens is 290 g/mol. The van der Waals surface area contributed by atoms with Crippen molar-refractivity contribution in [1.29, 1.82) is 0 Å². The number of hydrogen-bond acceptors (Lipinski definition) is 1. The van der Waals surface area contributed by atoms with Crippen molar-refractivity contribution < 1.29 is 4.79 Å². The molecule has 1 aromatic rings. The molecule has 0 aliphatic heterocycles. The van der Waals surface area contributed by atoms with Crippen LogP contribution in [-0.2, 0) is 0 Å². The molecule has 0 radical (unpaired) electrons. The Morgan fingerprint density at radius 3 is 2.33 bits per heavy atom. The normalized spacial score (nSPS) is 9.50. The molecule has 0 bridgehead atoms. The zero-order valence-corrected chi connectivity index (χ0v) is 8.91. The topological polar surface area (TPSA) is 46.3 Å². The second-order valence-electron chi connectivity index (χ2n) is 2.10. The maximum absolute atomic E-state index is 10.6. The van der Waals surface area contributed by atoms with Gasteiger partial charge in [-0.05, 0) is 46.9 Å². The summed E-state index contributed by atoms with van der Waals surface area (Å²) < 4.78 is 1.95. The lowest BCUT2D eigenvalue weighted by Crippen LogP contribution is -2.26. The molecular formula is C7H6ClIN2O. The number of anilines is 1. The molecule has 0 saturated heterocycles. The zero-order valence-electron chi connectivity index (χ0n) is 6.00. The molecule has 0 spiro atoms. The maximum Gasteiger partial charge on any atom is 0.334 e. The number of nitrogens with two attached hydrogens (primary N) is 1. The van der Waals surface area contributed by atoms with Crippen molar-refractivity contribution in [2.24, 2.45) is 5.73 Å². The van der Waals surface area contributed by atoms with Crippen LogP contribution in [0.2, 0.25) is 0 Å². The first kappa shape index (κ1) is 9.60. The lowest BCUT2D eigenvalue weighted by molar-refractivity contribution is 0.257. The smallest absolute Gasteiger partial charge is 0.334 e. The number of nitrogens with zero attached hydrogens (tertiary/aromatic N) is 1. The fourth-order valence-corrected chi connectivity index (χ4v) is 1.17. The SMILES string of the molecule is NC(=O)N(Cl)c1ccc(I)cc1. The van der Waals surface area contributed by atoms with Gasteiger partial charge < -0.3 is 5.73 Å². The summed E-state index contributed by atoms with van der Waals surface area (Å²) in [6.07, 6.45) is 0. The number of carbonyl (C=O) groups excluding carboxylic acids is 1. The van der Waals surface area contributed by atoms with Crippen LogP contribution in [0, 0.1) is 3.57 Å². The van der Waals surface area contributed by atoms with E-state index in [2.05, 4.69) is 22.6 Å². The fourth-order valence-electron chi connectivity index (χ4n) is 0.699. The van der Waals surface area contributed by atoms with Crippen LogP contribution in [0.4, 0.5) is 10.5 Å². The van der Waals surface area contributed by atoms with Gasteiger partial charge in [-0.15, -0.1) is 0 Å². The van der Waals surface area contributed by atoms with Crippen molar-refractivity contribution in [2.45, 2.75) is 0 Å². The predicted octanol–water partition coefficient (Wildman–Crippen LogP) is 2.33. The number of amides is 2. The second kappa shape index (κ2) is 3.95. The fraction of sp³-hybridized carbons (Fsp3) is 0. The van der Waals surface area contributed by atoms with Gasteiger partial charge in [0.1, 0.15) is 0 Å². The largest absolute Gasteiger partial charge is 0.350 e. The Morgan fingerprint density at radius 2 is 1.92 bits per heavy atom. The minimum absolute atomic E-state index is 0.574. The second-order valence-corrected chi connectivity index (χ2v) is 3.68. The third-order valence-electron chi connectivity index (χ3n) is 1.25. The lowest BCUT2D eigenvalue weighted by Gasteiger charge is -2.09. The number of benzene rings is 1. The summed E-state index contributed by atoms with van der Waals surface area (Å²) in [6.45, 7) is 0. The van der Waals surface area contributed by atoms with Crippen LogP contribution >= 0.6 is 34.4 Å². The van der Waals surface area contributed by atoms with Gasteiger partial charge in [-0.1, -0.05) is 0 Å². The van der Waals surface area contributed by atoms with Crippen LogP contribution in [0.3, 0.4) is 0 Å². The van der Waals surface area contributed by atoms with Crippen LogP contribution in [0.15, 0.2) is 24.3 Å². The van der Waals surface area contributed by atoms with Crippen LogP contribution in [0.1, 0.15) is 0 Å². The highest BCUT2D eigenvalue weighted by atomic mass is 127. The van der Waals surface area contributed by atoms with Gasteiger partial charge >= 0.3 is 6.03 Å². The highest BCUT2D eigenvalue weighted by Gasteiger charge is 2.07. The summed E-state index contributed by atoms with van der Waals surface area (Å²) in [4.78, 5) is 10.6. The van der Waals surface area contributed by atoms with E-state index < -0.39 is 6.03 Å². The molecule has 0 saturated carbocycles. The molecule has 3 nitrogen and oxygen atoms in total. The highest BCUT2D eigenvalue weighted by molar-refractivity contribution is 14.1. The predicted molar refractivity (Wildman–Crippen MR) is 57.1 cm³/mol. The van der Waals surface area contributed by atoms with Crippen LogP contribution in [0.25, 0.3) is 0 Å². The number of carbonyl (C=O) groups is 1. The summed E-state index contributed by atoms with van der Waals surface area (Å²) in [5.41, 5.74) is 5.53. The van der Waals surface area contributed by atoms with Crippen LogP contribution < -0.4 is 10.2 Å². The monoisotopic (exact) mass is 296 g/mol. The standard InChI is InChI=1S/C7H6ClIN2O/c8-11(7(10)12)6-3-1-5(9)2-4-6/h1-4H,(H2,10,12). The maximum atomic E-state index is 10.6. The molecule has 1 aromatic carbocycles. The van der Waals surface area contributed by atoms with Gasteiger partial charge in [-0.3, -0.25) is 0 Å². The first-order valence-corrected chi connectivity index (χ1v) is 4.54. The van der Waals surface area contributed by atoms with Gasteiger partial charge in [0, 0.05) is 15.3 Å². The molecule has 0 aliphatic carbocycles. The minimum atomic E-state index is -0.683. The van der Waals surface area contributed by atoms with Gasteiger partial charge in [0.25, 0.3) is 0 Å². The van der Waals surface area contributed by atoms with Crippen molar-refractivity contribution in [3.05, 3.63) is 27.8 Å². The number of halogens is 2. The molecule has 64 valence electrons. The quantitative estimate of drug-likeness (QED) is 0.627. The number of urea groups is 1. The van der Waals surface area contributed by atoms with Crippen molar-refractivity contribution in [3.63, 3.8) is 0 Å². The summed E-state index contributed by atoms with van der Waals surface area (Å²) in [6, 6.07) is 6.44. The van der Waals surface area contributed by atoms with Gasteiger partial charge in [-0.25, -0.2) is 9.21 Å². The molecule has 0 aliphatic rings. The van der Waals surface area contributed by atoms with E-state index in [-0.39, 0.29) is 0 Å². The first-order chi connectivity index (χ1) is 5.61. The highest BCUT2D eigenvalue weighted by Crippen LogP contribution is 2.17. The van der Waals surface area contributed by atoms with Crippen LogP contribution in [0.5, 0.6) is 0 Å². The molecule has 0 fully saturated rings. The summed E-state index contributed by atoms with van der Waals surface area (Å²) in [7, 11) is 0. The van der Waals surface area contributed by atoms with Gasteiger partial charge in [-0.2, -0.15) is 0 Å². The average molecular weight is 296 g/mol. The van der Waals surface area contributed by atoms with E-state index in [1.54, 1.807) is 12.1 Å². The number of primary amides is 1. The molecule has 1 rings (SSSR count). The minimum Gasteiger partial charge on any atom is -0.350 e. The van der Waals surface area contributed by atoms with E-state index in [4.69, 9.17) is 17.5 Å². The van der Waals surface area contributed by atoms with Gasteiger partial charge in [0.2, 0.25) is 0 Å². The van der Waals surface area contributed by atoms with Crippen molar-refractivity contribution in [3.8, 4) is 0 Å². The zero-order chi connectivity index (χ0) is 9.14. The van der Waals surface area contributed by atoms with E-state index in [1.807, 2.05) is 12.1 Å². The molecule has 2 amide bonds. The first-order valence-electron chi connectivity index (χ1n) is 3.12. The van der Waals surface area contributed by atoms with E-state index in [0.717, 1.165) is 7.99 Å².